The van der Waals surface area contributed by atoms with E-state index < -0.39 is 0 Å². The molecule has 1 saturated heterocycles. The molecule has 1 aliphatic heterocycles. The number of oxime groups is 1. The first kappa shape index (κ1) is 13.8. The van der Waals surface area contributed by atoms with Crippen LogP contribution in [0.3, 0.4) is 0 Å². The molecule has 0 aromatic heterocycles. The summed E-state index contributed by atoms with van der Waals surface area (Å²) in [6.07, 6.45) is 4.30. The fourth-order valence-corrected chi connectivity index (χ4v) is 4.05. The third-order valence-electron chi connectivity index (χ3n) is 5.17. The predicted octanol–water partition coefficient (Wildman–Crippen LogP) is 2.66. The highest BCUT2D eigenvalue weighted by molar-refractivity contribution is 6.04. The second kappa shape index (κ2) is 5.39. The lowest BCUT2D eigenvalue weighted by molar-refractivity contribution is -0.118. The molecule has 0 radical (unpaired) electrons. The van der Waals surface area contributed by atoms with Crippen LogP contribution in [0.1, 0.15) is 25.7 Å². The Balaban J connectivity index is 1.50. The van der Waals surface area contributed by atoms with E-state index in [1.807, 2.05) is 30.3 Å². The van der Waals surface area contributed by atoms with Crippen LogP contribution in [0.15, 0.2) is 35.5 Å². The molecule has 3 aliphatic rings. The lowest BCUT2D eigenvalue weighted by Gasteiger charge is -2.35. The summed E-state index contributed by atoms with van der Waals surface area (Å²) in [6.45, 7) is 0. The monoisotopic (exact) mass is 300 g/mol. The molecule has 3 fully saturated rings. The number of amides is 1. The van der Waals surface area contributed by atoms with Crippen molar-refractivity contribution < 1.29 is 14.7 Å². The minimum atomic E-state index is -0.225. The fourth-order valence-electron chi connectivity index (χ4n) is 4.05. The van der Waals surface area contributed by atoms with E-state index in [1.54, 1.807) is 0 Å². The van der Waals surface area contributed by atoms with E-state index in [9.17, 15) is 10.0 Å². The zero-order valence-electron chi connectivity index (χ0n) is 12.3. The number of benzene rings is 1. The number of carbonyl (C=O) groups excluding carboxylic acids is 1. The second-order valence-electron chi connectivity index (χ2n) is 6.46. The zero-order chi connectivity index (χ0) is 15.1. The number of carbonyl (C=O) groups is 1. The van der Waals surface area contributed by atoms with Crippen molar-refractivity contribution in [1.29, 1.82) is 0 Å². The van der Waals surface area contributed by atoms with Crippen molar-refractivity contribution in [2.45, 2.75) is 37.9 Å². The van der Waals surface area contributed by atoms with Crippen LogP contribution in [0, 0.1) is 17.8 Å². The second-order valence-corrected chi connectivity index (χ2v) is 6.46. The Hall–Kier alpha value is -1.88. The number of nitrogens with one attached hydrogen (secondary N) is 1. The SMILES string of the molecule is O=C(Nc1ccccc1)C1C2OC3CCCCC3C(=NO)C21. The van der Waals surface area contributed by atoms with Crippen molar-refractivity contribution in [3.8, 4) is 0 Å². The summed E-state index contributed by atoms with van der Waals surface area (Å²) >= 11 is 0. The summed E-state index contributed by atoms with van der Waals surface area (Å²) in [5, 5.41) is 15.9. The standard InChI is InChI=1S/C17H20N2O3/c20-17(18-10-6-2-1-3-7-10)14-13-15(19-21)11-8-4-5-9-12(11)22-16(13)14/h1-3,6-7,11-14,16,21H,4-5,8-9H2,(H,18,20). The highest BCUT2D eigenvalue weighted by atomic mass is 16.5. The van der Waals surface area contributed by atoms with Gasteiger partial charge in [0.2, 0.25) is 5.91 Å². The van der Waals surface area contributed by atoms with Crippen LogP contribution < -0.4 is 5.32 Å². The maximum Gasteiger partial charge on any atom is 0.230 e. The highest BCUT2D eigenvalue weighted by Gasteiger charge is 2.64. The Labute approximate surface area is 129 Å². The topological polar surface area (TPSA) is 70.9 Å². The molecule has 1 amide bonds. The van der Waals surface area contributed by atoms with Crippen LogP contribution in [-0.4, -0.2) is 29.0 Å². The van der Waals surface area contributed by atoms with E-state index in [0.717, 1.165) is 37.1 Å². The predicted molar refractivity (Wildman–Crippen MR) is 81.9 cm³/mol. The molecule has 5 heteroatoms. The summed E-state index contributed by atoms with van der Waals surface area (Å²) < 4.78 is 6.12. The minimum Gasteiger partial charge on any atom is -0.411 e. The first-order valence-corrected chi connectivity index (χ1v) is 8.03. The first-order chi connectivity index (χ1) is 10.8. The third kappa shape index (κ3) is 2.20. The maximum absolute atomic E-state index is 12.5. The lowest BCUT2D eigenvalue weighted by atomic mass is 9.80. The molecule has 0 bridgehead atoms. The van der Waals surface area contributed by atoms with E-state index in [0.29, 0.717) is 0 Å². The van der Waals surface area contributed by atoms with Gasteiger partial charge in [0.25, 0.3) is 0 Å². The molecule has 2 aliphatic carbocycles. The van der Waals surface area contributed by atoms with Gasteiger partial charge in [-0.2, -0.15) is 0 Å². The summed E-state index contributed by atoms with van der Waals surface area (Å²) in [5.41, 5.74) is 1.57. The first-order valence-electron chi connectivity index (χ1n) is 8.03. The van der Waals surface area contributed by atoms with Gasteiger partial charge in [0.1, 0.15) is 0 Å². The molecule has 1 aromatic rings. The number of hydrogen-bond donors (Lipinski definition) is 2. The van der Waals surface area contributed by atoms with E-state index in [-0.39, 0.29) is 35.9 Å². The summed E-state index contributed by atoms with van der Waals surface area (Å²) in [6, 6.07) is 9.43. The molecular formula is C17H20N2O3. The van der Waals surface area contributed by atoms with Crippen LogP contribution in [0.2, 0.25) is 0 Å². The van der Waals surface area contributed by atoms with Crippen molar-refractivity contribution in [3.05, 3.63) is 30.3 Å². The van der Waals surface area contributed by atoms with Crippen LogP contribution in [0.25, 0.3) is 0 Å². The lowest BCUT2D eigenvalue weighted by Crippen LogP contribution is -2.40. The van der Waals surface area contributed by atoms with E-state index in [1.165, 1.54) is 0 Å². The number of hydrogen-bond acceptors (Lipinski definition) is 4. The van der Waals surface area contributed by atoms with Gasteiger partial charge in [-0.05, 0) is 25.0 Å². The molecule has 0 spiro atoms. The van der Waals surface area contributed by atoms with Crippen molar-refractivity contribution in [1.82, 2.24) is 0 Å². The number of anilines is 1. The maximum atomic E-state index is 12.5. The number of ether oxygens (including phenoxy) is 1. The normalized spacial score (nSPS) is 38.0. The molecule has 2 saturated carbocycles. The van der Waals surface area contributed by atoms with Crippen molar-refractivity contribution in [2.24, 2.45) is 22.9 Å². The van der Waals surface area contributed by atoms with Gasteiger partial charge in [0.05, 0.1) is 23.8 Å². The van der Waals surface area contributed by atoms with Gasteiger partial charge in [-0.25, -0.2) is 0 Å². The van der Waals surface area contributed by atoms with Crippen LogP contribution in [-0.2, 0) is 9.53 Å². The van der Waals surface area contributed by atoms with E-state index >= 15 is 0 Å². The molecule has 5 atom stereocenters. The van der Waals surface area contributed by atoms with Crippen LogP contribution in [0.5, 0.6) is 0 Å². The van der Waals surface area contributed by atoms with Crippen LogP contribution in [0.4, 0.5) is 5.69 Å². The number of rotatable bonds is 2. The molecule has 1 aromatic carbocycles. The van der Waals surface area contributed by atoms with Gasteiger partial charge in [-0.15, -0.1) is 0 Å². The Morgan fingerprint density at radius 1 is 1.23 bits per heavy atom. The van der Waals surface area contributed by atoms with Gasteiger partial charge < -0.3 is 15.3 Å². The molecule has 4 rings (SSSR count). The smallest absolute Gasteiger partial charge is 0.230 e. The fraction of sp³-hybridized carbons (Fsp3) is 0.529. The Morgan fingerprint density at radius 3 is 2.77 bits per heavy atom. The Kier molecular flexibility index (Phi) is 3.37. The van der Waals surface area contributed by atoms with E-state index in [2.05, 4.69) is 10.5 Å². The largest absolute Gasteiger partial charge is 0.411 e. The van der Waals surface area contributed by atoms with Gasteiger partial charge in [-0.1, -0.05) is 36.2 Å². The molecule has 2 N–H and O–H groups in total. The Morgan fingerprint density at radius 2 is 2.00 bits per heavy atom. The molecule has 1 heterocycles. The van der Waals surface area contributed by atoms with Crippen molar-refractivity contribution >= 4 is 17.3 Å². The van der Waals surface area contributed by atoms with Gasteiger partial charge in [0, 0.05) is 17.5 Å². The molecule has 22 heavy (non-hydrogen) atoms. The summed E-state index contributed by atoms with van der Waals surface area (Å²) in [5.74, 6) is -0.125. The number of para-hydroxylation sites is 1. The number of nitrogens with zero attached hydrogens (tertiary/aromatic N) is 1. The third-order valence-corrected chi connectivity index (χ3v) is 5.17. The highest BCUT2D eigenvalue weighted by Crippen LogP contribution is 2.52. The summed E-state index contributed by atoms with van der Waals surface area (Å²) in [4.78, 5) is 12.5. The van der Waals surface area contributed by atoms with Crippen molar-refractivity contribution in [3.63, 3.8) is 0 Å². The molecular weight excluding hydrogens is 280 g/mol. The van der Waals surface area contributed by atoms with Gasteiger partial charge in [-0.3, -0.25) is 4.79 Å². The van der Waals surface area contributed by atoms with E-state index in [4.69, 9.17) is 4.74 Å². The average molecular weight is 300 g/mol. The Bertz CT molecular complexity index is 601. The minimum absolute atomic E-state index is 0.0407. The zero-order valence-corrected chi connectivity index (χ0v) is 12.3. The quantitative estimate of drug-likeness (QED) is 0.651. The van der Waals surface area contributed by atoms with Gasteiger partial charge >= 0.3 is 0 Å². The van der Waals surface area contributed by atoms with Gasteiger partial charge in [0.15, 0.2) is 0 Å². The van der Waals surface area contributed by atoms with Crippen molar-refractivity contribution in [2.75, 3.05) is 5.32 Å². The van der Waals surface area contributed by atoms with Crippen LogP contribution >= 0.6 is 0 Å². The molecule has 5 unspecified atom stereocenters. The molecule has 116 valence electrons. The average Bonchev–Trinajstić information content (AvgIpc) is 3.27. The molecule has 5 nitrogen and oxygen atoms in total. The number of fused-ring (bicyclic) bond motifs is 2. The summed E-state index contributed by atoms with van der Waals surface area (Å²) in [7, 11) is 0.